The van der Waals surface area contributed by atoms with Gasteiger partial charge in [-0.15, -0.1) is 0 Å². The van der Waals surface area contributed by atoms with E-state index in [2.05, 4.69) is 10.6 Å². The quantitative estimate of drug-likeness (QED) is 0.757. The predicted molar refractivity (Wildman–Crippen MR) is 65.5 cm³/mol. The molecule has 2 saturated carbocycles. The van der Waals surface area contributed by atoms with Crippen LogP contribution in [0, 0.1) is 11.8 Å². The van der Waals surface area contributed by atoms with Gasteiger partial charge in [0.1, 0.15) is 0 Å². The van der Waals surface area contributed by atoms with Crippen LogP contribution < -0.4 is 10.6 Å². The standard InChI is InChI=1S/C13H21F3N2O/c14-13(15,16)10-3-1-2-4-11(10)17-7-8-18-12(19)9-5-6-9/h9-11,17H,1-8H2,(H,18,19). The van der Waals surface area contributed by atoms with E-state index in [4.69, 9.17) is 0 Å². The molecule has 2 unspecified atom stereocenters. The third kappa shape index (κ3) is 4.37. The van der Waals surface area contributed by atoms with Gasteiger partial charge in [0.25, 0.3) is 0 Å². The summed E-state index contributed by atoms with van der Waals surface area (Å²) < 4.78 is 38.5. The molecule has 2 atom stereocenters. The molecule has 2 N–H and O–H groups in total. The Morgan fingerprint density at radius 3 is 2.37 bits per heavy atom. The maximum Gasteiger partial charge on any atom is 0.393 e. The Kier molecular flexibility index (Phi) is 4.71. The molecule has 1 amide bonds. The lowest BCUT2D eigenvalue weighted by Gasteiger charge is -2.33. The molecule has 2 rings (SSSR count). The van der Waals surface area contributed by atoms with E-state index in [0.29, 0.717) is 25.9 Å². The number of rotatable bonds is 5. The molecule has 0 heterocycles. The fourth-order valence-corrected chi connectivity index (χ4v) is 2.70. The smallest absolute Gasteiger partial charge is 0.355 e. The summed E-state index contributed by atoms with van der Waals surface area (Å²) >= 11 is 0. The number of hydrogen-bond acceptors (Lipinski definition) is 2. The molecule has 19 heavy (non-hydrogen) atoms. The first-order valence-corrected chi connectivity index (χ1v) is 7.06. The van der Waals surface area contributed by atoms with Crippen molar-refractivity contribution in [3.8, 4) is 0 Å². The van der Waals surface area contributed by atoms with Gasteiger partial charge in [-0.1, -0.05) is 12.8 Å². The molecule has 0 aliphatic heterocycles. The molecule has 0 saturated heterocycles. The molecule has 3 nitrogen and oxygen atoms in total. The van der Waals surface area contributed by atoms with Crippen LogP contribution in [-0.4, -0.2) is 31.2 Å². The first-order valence-electron chi connectivity index (χ1n) is 7.06. The van der Waals surface area contributed by atoms with Gasteiger partial charge < -0.3 is 10.6 Å². The fourth-order valence-electron chi connectivity index (χ4n) is 2.70. The van der Waals surface area contributed by atoms with Crippen LogP contribution in [-0.2, 0) is 4.79 Å². The molecule has 2 fully saturated rings. The first-order chi connectivity index (χ1) is 8.98. The Bertz CT molecular complexity index is 316. The van der Waals surface area contributed by atoms with Crippen molar-refractivity contribution in [3.05, 3.63) is 0 Å². The lowest BCUT2D eigenvalue weighted by Crippen LogP contribution is -2.47. The lowest BCUT2D eigenvalue weighted by molar-refractivity contribution is -0.188. The first kappa shape index (κ1) is 14.6. The Labute approximate surface area is 111 Å². The highest BCUT2D eigenvalue weighted by Crippen LogP contribution is 2.37. The number of nitrogens with one attached hydrogen (secondary N) is 2. The maximum absolute atomic E-state index is 12.8. The highest BCUT2D eigenvalue weighted by molar-refractivity contribution is 5.80. The maximum atomic E-state index is 12.8. The molecule has 0 radical (unpaired) electrons. The average Bonchev–Trinajstić information content (AvgIpc) is 3.18. The van der Waals surface area contributed by atoms with Crippen molar-refractivity contribution in [1.29, 1.82) is 0 Å². The van der Waals surface area contributed by atoms with Crippen molar-refractivity contribution >= 4 is 5.91 Å². The molecular weight excluding hydrogens is 257 g/mol. The Balaban J connectivity index is 1.69. The van der Waals surface area contributed by atoms with Crippen molar-refractivity contribution in [2.75, 3.05) is 13.1 Å². The summed E-state index contributed by atoms with van der Waals surface area (Å²) in [5.41, 5.74) is 0. The third-order valence-electron chi connectivity index (χ3n) is 3.97. The molecule has 0 bridgehead atoms. The number of halogens is 3. The number of amides is 1. The minimum atomic E-state index is -4.12. The summed E-state index contributed by atoms with van der Waals surface area (Å²) in [6.45, 7) is 0.826. The third-order valence-corrected chi connectivity index (χ3v) is 3.97. The van der Waals surface area contributed by atoms with Crippen molar-refractivity contribution in [2.24, 2.45) is 11.8 Å². The normalized spacial score (nSPS) is 28.2. The van der Waals surface area contributed by atoms with Crippen LogP contribution in [0.2, 0.25) is 0 Å². The van der Waals surface area contributed by atoms with Crippen LogP contribution in [0.5, 0.6) is 0 Å². The van der Waals surface area contributed by atoms with Gasteiger partial charge in [0.05, 0.1) is 5.92 Å². The second-order valence-electron chi connectivity index (χ2n) is 5.56. The van der Waals surface area contributed by atoms with Gasteiger partial charge in [-0.3, -0.25) is 4.79 Å². The molecule has 2 aliphatic rings. The molecule has 0 aromatic carbocycles. The predicted octanol–water partition coefficient (Wildman–Crippen LogP) is 2.22. The molecule has 0 aromatic rings. The van der Waals surface area contributed by atoms with Gasteiger partial charge in [0, 0.05) is 25.0 Å². The Morgan fingerprint density at radius 1 is 1.05 bits per heavy atom. The van der Waals surface area contributed by atoms with Crippen molar-refractivity contribution < 1.29 is 18.0 Å². The summed E-state index contributed by atoms with van der Waals surface area (Å²) in [5, 5.41) is 5.71. The van der Waals surface area contributed by atoms with E-state index in [-0.39, 0.29) is 18.2 Å². The van der Waals surface area contributed by atoms with Crippen molar-refractivity contribution in [2.45, 2.75) is 50.7 Å². The zero-order chi connectivity index (χ0) is 13.9. The molecule has 0 aromatic heterocycles. The minimum absolute atomic E-state index is 0.0396. The monoisotopic (exact) mass is 278 g/mol. The Hall–Kier alpha value is -0.780. The largest absolute Gasteiger partial charge is 0.393 e. The zero-order valence-electron chi connectivity index (χ0n) is 10.9. The van der Waals surface area contributed by atoms with E-state index in [1.54, 1.807) is 0 Å². The van der Waals surface area contributed by atoms with Crippen molar-refractivity contribution in [1.82, 2.24) is 10.6 Å². The van der Waals surface area contributed by atoms with E-state index in [0.717, 1.165) is 19.3 Å². The van der Waals surface area contributed by atoms with E-state index in [1.165, 1.54) is 0 Å². The number of alkyl halides is 3. The summed E-state index contributed by atoms with van der Waals surface area (Å²) in [4.78, 5) is 11.4. The molecular formula is C13H21F3N2O. The number of carbonyl (C=O) groups is 1. The van der Waals surface area contributed by atoms with Crippen molar-refractivity contribution in [3.63, 3.8) is 0 Å². The second-order valence-corrected chi connectivity index (χ2v) is 5.56. The molecule has 2 aliphatic carbocycles. The summed E-state index contributed by atoms with van der Waals surface area (Å²) in [5.74, 6) is -1.05. The molecule has 0 spiro atoms. The van der Waals surface area contributed by atoms with E-state index in [9.17, 15) is 18.0 Å². The van der Waals surface area contributed by atoms with Crippen LogP contribution in [0.1, 0.15) is 38.5 Å². The van der Waals surface area contributed by atoms with Crippen LogP contribution in [0.3, 0.4) is 0 Å². The van der Waals surface area contributed by atoms with Crippen LogP contribution in [0.25, 0.3) is 0 Å². The summed E-state index contributed by atoms with van der Waals surface area (Å²) in [6, 6.07) is -0.494. The topological polar surface area (TPSA) is 41.1 Å². The van der Waals surface area contributed by atoms with Gasteiger partial charge in [-0.2, -0.15) is 13.2 Å². The van der Waals surface area contributed by atoms with Crippen LogP contribution in [0.4, 0.5) is 13.2 Å². The van der Waals surface area contributed by atoms with Crippen LogP contribution >= 0.6 is 0 Å². The summed E-state index contributed by atoms with van der Waals surface area (Å²) in [7, 11) is 0. The van der Waals surface area contributed by atoms with Gasteiger partial charge in [-0.05, 0) is 25.7 Å². The van der Waals surface area contributed by atoms with E-state index < -0.39 is 18.1 Å². The van der Waals surface area contributed by atoms with E-state index in [1.807, 2.05) is 0 Å². The van der Waals surface area contributed by atoms with Crippen LogP contribution in [0.15, 0.2) is 0 Å². The minimum Gasteiger partial charge on any atom is -0.355 e. The number of hydrogen-bond donors (Lipinski definition) is 2. The zero-order valence-corrected chi connectivity index (χ0v) is 10.9. The average molecular weight is 278 g/mol. The molecule has 6 heteroatoms. The second kappa shape index (κ2) is 6.11. The summed E-state index contributed by atoms with van der Waals surface area (Å²) in [6.07, 6.45) is 0.0568. The highest BCUT2D eigenvalue weighted by Gasteiger charge is 2.45. The van der Waals surface area contributed by atoms with Gasteiger partial charge in [-0.25, -0.2) is 0 Å². The van der Waals surface area contributed by atoms with Gasteiger partial charge in [0.2, 0.25) is 5.91 Å². The highest BCUT2D eigenvalue weighted by atomic mass is 19.4. The SMILES string of the molecule is O=C(NCCNC1CCCCC1C(F)(F)F)C1CC1. The van der Waals surface area contributed by atoms with E-state index >= 15 is 0 Å². The van der Waals surface area contributed by atoms with Gasteiger partial charge in [0.15, 0.2) is 0 Å². The Morgan fingerprint density at radius 2 is 1.74 bits per heavy atom. The van der Waals surface area contributed by atoms with Gasteiger partial charge >= 0.3 is 6.18 Å². The lowest BCUT2D eigenvalue weighted by atomic mass is 9.84. The number of carbonyl (C=O) groups excluding carboxylic acids is 1. The fraction of sp³-hybridized carbons (Fsp3) is 0.923. The molecule has 110 valence electrons.